The van der Waals surface area contributed by atoms with Crippen LogP contribution in [0.5, 0.6) is 0 Å². The fourth-order valence-electron chi connectivity index (χ4n) is 2.08. The molecule has 2 atom stereocenters. The molecule has 1 aromatic carbocycles. The van der Waals surface area contributed by atoms with Gasteiger partial charge in [-0.05, 0) is 30.4 Å². The molecule has 0 heterocycles. The highest BCUT2D eigenvalue weighted by atomic mass is 32.2. The second-order valence-electron chi connectivity index (χ2n) is 4.98. The number of nitrogens with zero attached hydrogens (tertiary/aromatic N) is 2. The summed E-state index contributed by atoms with van der Waals surface area (Å²) in [6.45, 7) is 2.47. The van der Waals surface area contributed by atoms with Crippen molar-refractivity contribution in [1.29, 1.82) is 5.26 Å². The number of nitriles is 1. The highest BCUT2D eigenvalue weighted by Gasteiger charge is 2.36. The van der Waals surface area contributed by atoms with E-state index in [1.54, 1.807) is 6.07 Å². The summed E-state index contributed by atoms with van der Waals surface area (Å²) in [4.78, 5) is -0.259. The molecule has 2 rings (SSSR count). The fourth-order valence-corrected chi connectivity index (χ4v) is 3.45. The van der Waals surface area contributed by atoms with Crippen molar-refractivity contribution in [3.05, 3.63) is 29.6 Å². The maximum absolute atomic E-state index is 13.5. The largest absolute Gasteiger partial charge is 0.244 e. The summed E-state index contributed by atoms with van der Waals surface area (Å²) in [5.41, 5.74) is -0.418. The number of benzene rings is 1. The van der Waals surface area contributed by atoms with Crippen molar-refractivity contribution in [3.63, 3.8) is 0 Å². The highest BCUT2D eigenvalue weighted by Crippen LogP contribution is 2.38. The van der Waals surface area contributed by atoms with Crippen LogP contribution >= 0.6 is 0 Å². The normalized spacial score (nSPS) is 22.3. The summed E-state index contributed by atoms with van der Waals surface area (Å²) in [5.74, 6) is 0.0798. The van der Waals surface area contributed by atoms with E-state index in [0.717, 1.165) is 12.5 Å². The number of halogens is 1. The van der Waals surface area contributed by atoms with Crippen LogP contribution in [-0.4, -0.2) is 26.3 Å². The molecular weight excluding hydrogens is 267 g/mol. The second-order valence-corrected chi connectivity index (χ2v) is 7.00. The van der Waals surface area contributed by atoms with Gasteiger partial charge in [0.05, 0.1) is 0 Å². The van der Waals surface area contributed by atoms with E-state index in [2.05, 4.69) is 6.92 Å². The minimum absolute atomic E-state index is 0.259. The van der Waals surface area contributed by atoms with Gasteiger partial charge >= 0.3 is 0 Å². The Kier molecular flexibility index (Phi) is 3.61. The van der Waals surface area contributed by atoms with Gasteiger partial charge in [0.1, 0.15) is 22.3 Å². The summed E-state index contributed by atoms with van der Waals surface area (Å²) in [6.07, 6.45) is 1.01. The zero-order valence-electron chi connectivity index (χ0n) is 10.8. The maximum atomic E-state index is 13.5. The second kappa shape index (κ2) is 4.91. The molecule has 2 unspecified atom stereocenters. The van der Waals surface area contributed by atoms with Crippen molar-refractivity contribution < 1.29 is 12.8 Å². The zero-order chi connectivity index (χ0) is 14.2. The predicted molar refractivity (Wildman–Crippen MR) is 68.2 cm³/mol. The molecule has 102 valence electrons. The van der Waals surface area contributed by atoms with Crippen LogP contribution in [0.3, 0.4) is 0 Å². The van der Waals surface area contributed by atoms with Crippen LogP contribution in [-0.2, 0) is 10.0 Å². The molecule has 1 fully saturated rings. The molecule has 0 bridgehead atoms. The monoisotopic (exact) mass is 282 g/mol. The summed E-state index contributed by atoms with van der Waals surface area (Å²) in [6, 6.07) is 5.28. The van der Waals surface area contributed by atoms with E-state index >= 15 is 0 Å². The molecule has 1 aliphatic carbocycles. The first-order chi connectivity index (χ1) is 8.87. The van der Waals surface area contributed by atoms with Crippen LogP contribution in [0.15, 0.2) is 23.1 Å². The average molecular weight is 282 g/mol. The Hall–Kier alpha value is -1.45. The predicted octanol–water partition coefficient (Wildman–Crippen LogP) is 1.97. The number of sulfonamides is 1. The minimum Gasteiger partial charge on any atom is -0.207 e. The number of hydrogen-bond acceptors (Lipinski definition) is 3. The summed E-state index contributed by atoms with van der Waals surface area (Å²) in [7, 11) is -2.35. The summed E-state index contributed by atoms with van der Waals surface area (Å²) < 4.78 is 39.4. The van der Waals surface area contributed by atoms with E-state index in [1.807, 2.05) is 0 Å². The maximum Gasteiger partial charge on any atom is 0.244 e. The van der Waals surface area contributed by atoms with E-state index in [0.29, 0.717) is 18.4 Å². The molecule has 0 radical (unpaired) electrons. The van der Waals surface area contributed by atoms with E-state index in [1.165, 1.54) is 23.5 Å². The average Bonchev–Trinajstić information content (AvgIpc) is 3.04. The highest BCUT2D eigenvalue weighted by molar-refractivity contribution is 7.89. The first-order valence-corrected chi connectivity index (χ1v) is 7.47. The van der Waals surface area contributed by atoms with Crippen molar-refractivity contribution in [1.82, 2.24) is 4.31 Å². The standard InChI is InChI=1S/C13H15FN2O2S/c1-9-6-10(9)8-16(2)19(17,18)13-5-3-4-12(14)11(13)7-15/h3-5,9-10H,6,8H2,1-2H3. The third kappa shape index (κ3) is 2.62. The van der Waals surface area contributed by atoms with Crippen LogP contribution < -0.4 is 0 Å². The van der Waals surface area contributed by atoms with Crippen LogP contribution in [0.1, 0.15) is 18.9 Å². The van der Waals surface area contributed by atoms with Gasteiger partial charge in [0.25, 0.3) is 0 Å². The molecule has 1 saturated carbocycles. The van der Waals surface area contributed by atoms with E-state index in [9.17, 15) is 12.8 Å². The Labute approximate surface area is 112 Å². The number of hydrogen-bond donors (Lipinski definition) is 0. The molecular formula is C13H15FN2O2S. The molecule has 19 heavy (non-hydrogen) atoms. The van der Waals surface area contributed by atoms with Gasteiger partial charge in [0.15, 0.2) is 0 Å². The third-order valence-corrected chi connectivity index (χ3v) is 5.41. The summed E-state index contributed by atoms with van der Waals surface area (Å²) >= 11 is 0. The Morgan fingerprint density at radius 1 is 1.53 bits per heavy atom. The van der Waals surface area contributed by atoms with Gasteiger partial charge in [0, 0.05) is 13.6 Å². The molecule has 0 saturated heterocycles. The van der Waals surface area contributed by atoms with Crippen molar-refractivity contribution in [2.24, 2.45) is 11.8 Å². The first-order valence-electron chi connectivity index (χ1n) is 6.03. The van der Waals surface area contributed by atoms with Gasteiger partial charge < -0.3 is 0 Å². The smallest absolute Gasteiger partial charge is 0.207 e. The SMILES string of the molecule is CC1CC1CN(C)S(=O)(=O)c1cccc(F)c1C#N. The van der Waals surface area contributed by atoms with Crippen LogP contribution in [0, 0.1) is 29.0 Å². The van der Waals surface area contributed by atoms with Crippen molar-refractivity contribution in [2.45, 2.75) is 18.2 Å². The molecule has 0 aromatic heterocycles. The van der Waals surface area contributed by atoms with Crippen molar-refractivity contribution >= 4 is 10.0 Å². The lowest BCUT2D eigenvalue weighted by Gasteiger charge is -2.17. The first kappa shape index (κ1) is 14.0. The zero-order valence-corrected chi connectivity index (χ0v) is 11.6. The summed E-state index contributed by atoms with van der Waals surface area (Å²) in [5, 5.41) is 8.91. The minimum atomic E-state index is -3.81. The van der Waals surface area contributed by atoms with Gasteiger partial charge in [-0.15, -0.1) is 0 Å². The van der Waals surface area contributed by atoms with Gasteiger partial charge in [-0.25, -0.2) is 17.1 Å². The lowest BCUT2D eigenvalue weighted by Crippen LogP contribution is -2.30. The van der Waals surface area contributed by atoms with E-state index in [-0.39, 0.29) is 4.90 Å². The third-order valence-electron chi connectivity index (χ3n) is 3.54. The van der Waals surface area contributed by atoms with Gasteiger partial charge in [-0.3, -0.25) is 0 Å². The molecule has 0 spiro atoms. The Balaban J connectivity index is 2.34. The molecule has 0 N–H and O–H groups in total. The number of rotatable bonds is 4. The van der Waals surface area contributed by atoms with Gasteiger partial charge in [-0.2, -0.15) is 5.26 Å². The Bertz CT molecular complexity index is 637. The lowest BCUT2D eigenvalue weighted by molar-refractivity contribution is 0.444. The van der Waals surface area contributed by atoms with E-state index < -0.39 is 21.4 Å². The van der Waals surface area contributed by atoms with Gasteiger partial charge in [0.2, 0.25) is 10.0 Å². The fraction of sp³-hybridized carbons (Fsp3) is 0.462. The molecule has 0 aliphatic heterocycles. The lowest BCUT2D eigenvalue weighted by atomic mass is 10.2. The molecule has 6 heteroatoms. The molecule has 1 aliphatic rings. The van der Waals surface area contributed by atoms with E-state index in [4.69, 9.17) is 5.26 Å². The van der Waals surface area contributed by atoms with Crippen molar-refractivity contribution in [2.75, 3.05) is 13.6 Å². The van der Waals surface area contributed by atoms with Crippen LogP contribution in [0.25, 0.3) is 0 Å². The van der Waals surface area contributed by atoms with Crippen LogP contribution in [0.2, 0.25) is 0 Å². The topological polar surface area (TPSA) is 61.2 Å². The Morgan fingerprint density at radius 2 is 2.16 bits per heavy atom. The molecule has 0 amide bonds. The molecule has 4 nitrogen and oxygen atoms in total. The van der Waals surface area contributed by atoms with Crippen molar-refractivity contribution in [3.8, 4) is 6.07 Å². The molecule has 1 aromatic rings. The quantitative estimate of drug-likeness (QED) is 0.848. The Morgan fingerprint density at radius 3 is 2.68 bits per heavy atom. The van der Waals surface area contributed by atoms with Crippen LogP contribution in [0.4, 0.5) is 4.39 Å². The van der Waals surface area contributed by atoms with Gasteiger partial charge in [-0.1, -0.05) is 13.0 Å².